The van der Waals surface area contributed by atoms with E-state index in [1.165, 1.54) is 6.07 Å². The van der Waals surface area contributed by atoms with E-state index in [2.05, 4.69) is 21.2 Å². The van der Waals surface area contributed by atoms with Gasteiger partial charge in [0.05, 0.1) is 0 Å². The quantitative estimate of drug-likeness (QED) is 0.803. The molecule has 0 aromatic heterocycles. The summed E-state index contributed by atoms with van der Waals surface area (Å²) < 4.78 is 31.9. The molecular formula is C14H9BrClF2NO2. The van der Waals surface area contributed by atoms with Crippen molar-refractivity contribution in [3.8, 4) is 5.75 Å². The van der Waals surface area contributed by atoms with Crippen LogP contribution in [-0.4, -0.2) is 12.5 Å². The summed E-state index contributed by atoms with van der Waals surface area (Å²) in [6.07, 6.45) is 0. The topological polar surface area (TPSA) is 38.3 Å². The molecule has 0 fully saturated rings. The number of nitrogens with one attached hydrogen (secondary N) is 1. The maximum absolute atomic E-state index is 13.4. The number of benzene rings is 2. The molecule has 0 saturated carbocycles. The summed E-state index contributed by atoms with van der Waals surface area (Å²) >= 11 is 8.73. The van der Waals surface area contributed by atoms with E-state index in [0.29, 0.717) is 15.2 Å². The molecule has 7 heteroatoms. The molecule has 3 nitrogen and oxygen atoms in total. The van der Waals surface area contributed by atoms with Gasteiger partial charge in [0.15, 0.2) is 18.2 Å². The van der Waals surface area contributed by atoms with Crippen molar-refractivity contribution in [3.05, 3.63) is 57.5 Å². The van der Waals surface area contributed by atoms with Crippen LogP contribution in [0.15, 0.2) is 40.9 Å². The molecule has 0 radical (unpaired) electrons. The molecule has 0 bridgehead atoms. The number of hydrogen-bond donors (Lipinski definition) is 1. The number of carbonyl (C=O) groups excluding carboxylic acids is 1. The molecule has 0 unspecified atom stereocenters. The van der Waals surface area contributed by atoms with Gasteiger partial charge in [0.2, 0.25) is 5.82 Å². The summed E-state index contributed by atoms with van der Waals surface area (Å²) in [6.45, 7) is -0.449. The van der Waals surface area contributed by atoms with Crippen LogP contribution in [0, 0.1) is 11.6 Å². The van der Waals surface area contributed by atoms with Gasteiger partial charge in [-0.25, -0.2) is 4.39 Å². The smallest absolute Gasteiger partial charge is 0.262 e. The molecule has 0 atom stereocenters. The molecule has 0 heterocycles. The zero-order valence-electron chi connectivity index (χ0n) is 10.5. The first-order valence-electron chi connectivity index (χ1n) is 5.78. The minimum atomic E-state index is -1.14. The van der Waals surface area contributed by atoms with Crippen LogP contribution in [-0.2, 0) is 4.79 Å². The van der Waals surface area contributed by atoms with E-state index < -0.39 is 24.1 Å². The highest BCUT2D eigenvalue weighted by atomic mass is 79.9. The van der Waals surface area contributed by atoms with E-state index in [1.54, 1.807) is 24.3 Å². The van der Waals surface area contributed by atoms with Crippen molar-refractivity contribution in [1.29, 1.82) is 0 Å². The normalized spacial score (nSPS) is 10.3. The van der Waals surface area contributed by atoms with E-state index in [9.17, 15) is 13.6 Å². The van der Waals surface area contributed by atoms with Crippen LogP contribution in [0.1, 0.15) is 0 Å². The monoisotopic (exact) mass is 375 g/mol. The van der Waals surface area contributed by atoms with Crippen LogP contribution in [0.4, 0.5) is 14.5 Å². The van der Waals surface area contributed by atoms with Crippen molar-refractivity contribution in [2.75, 3.05) is 11.9 Å². The lowest BCUT2D eigenvalue weighted by Crippen LogP contribution is -2.20. The van der Waals surface area contributed by atoms with Gasteiger partial charge in [0, 0.05) is 15.2 Å². The van der Waals surface area contributed by atoms with E-state index in [1.807, 2.05) is 0 Å². The minimum Gasteiger partial charge on any atom is -0.481 e. The molecule has 0 aliphatic carbocycles. The fraction of sp³-hybridized carbons (Fsp3) is 0.0714. The maximum atomic E-state index is 13.4. The van der Waals surface area contributed by atoms with Gasteiger partial charge in [-0.15, -0.1) is 0 Å². The Morgan fingerprint density at radius 1 is 1.24 bits per heavy atom. The molecule has 0 aliphatic heterocycles. The predicted molar refractivity (Wildman–Crippen MR) is 79.6 cm³/mol. The van der Waals surface area contributed by atoms with Crippen molar-refractivity contribution < 1.29 is 18.3 Å². The lowest BCUT2D eigenvalue weighted by molar-refractivity contribution is -0.118. The SMILES string of the molecule is O=C(COc1cc(Br)cc(F)c1F)Nc1ccc(Cl)cc1. The Morgan fingerprint density at radius 2 is 1.90 bits per heavy atom. The standard InChI is InChI=1S/C14H9BrClF2NO2/c15-8-5-11(17)14(18)12(6-8)21-7-13(20)19-10-3-1-9(16)2-4-10/h1-6H,7H2,(H,19,20). The Morgan fingerprint density at radius 3 is 2.57 bits per heavy atom. The second-order valence-electron chi connectivity index (χ2n) is 4.04. The highest BCUT2D eigenvalue weighted by molar-refractivity contribution is 9.10. The summed E-state index contributed by atoms with van der Waals surface area (Å²) in [4.78, 5) is 11.7. The Kier molecular flexibility index (Phi) is 5.14. The van der Waals surface area contributed by atoms with E-state index in [0.717, 1.165) is 6.07 Å². The molecule has 0 spiro atoms. The summed E-state index contributed by atoms with van der Waals surface area (Å²) in [6, 6.07) is 8.66. The van der Waals surface area contributed by atoms with Crippen molar-refractivity contribution in [2.45, 2.75) is 0 Å². The van der Waals surface area contributed by atoms with Gasteiger partial charge in [-0.05, 0) is 36.4 Å². The summed E-state index contributed by atoms with van der Waals surface area (Å²) in [7, 11) is 0. The van der Waals surface area contributed by atoms with E-state index in [4.69, 9.17) is 16.3 Å². The van der Waals surface area contributed by atoms with Gasteiger partial charge < -0.3 is 10.1 Å². The van der Waals surface area contributed by atoms with Gasteiger partial charge in [-0.3, -0.25) is 4.79 Å². The number of anilines is 1. The molecule has 2 aromatic rings. The third-order valence-electron chi connectivity index (χ3n) is 2.45. The lowest BCUT2D eigenvalue weighted by Gasteiger charge is -2.09. The first-order valence-corrected chi connectivity index (χ1v) is 6.95. The third-order valence-corrected chi connectivity index (χ3v) is 3.16. The molecule has 110 valence electrons. The van der Waals surface area contributed by atoms with Crippen molar-refractivity contribution in [2.24, 2.45) is 0 Å². The molecule has 2 rings (SSSR count). The molecule has 0 saturated heterocycles. The van der Waals surface area contributed by atoms with Crippen LogP contribution < -0.4 is 10.1 Å². The second kappa shape index (κ2) is 6.87. The van der Waals surface area contributed by atoms with E-state index >= 15 is 0 Å². The van der Waals surface area contributed by atoms with Gasteiger partial charge in [0.1, 0.15) is 0 Å². The highest BCUT2D eigenvalue weighted by Gasteiger charge is 2.13. The average molecular weight is 377 g/mol. The highest BCUT2D eigenvalue weighted by Crippen LogP contribution is 2.25. The summed E-state index contributed by atoms with van der Waals surface area (Å²) in [5, 5.41) is 3.08. The Hall–Kier alpha value is -1.66. The predicted octanol–water partition coefficient (Wildman–Crippen LogP) is 4.40. The fourth-order valence-electron chi connectivity index (χ4n) is 1.51. The third kappa shape index (κ3) is 4.41. The van der Waals surface area contributed by atoms with Gasteiger partial charge in [-0.2, -0.15) is 4.39 Å². The fourth-order valence-corrected chi connectivity index (χ4v) is 2.05. The molecule has 1 amide bonds. The van der Waals surface area contributed by atoms with Crippen LogP contribution in [0.25, 0.3) is 0 Å². The molecule has 2 aromatic carbocycles. The Bertz CT molecular complexity index is 665. The average Bonchev–Trinajstić information content (AvgIpc) is 2.44. The van der Waals surface area contributed by atoms with Crippen LogP contribution in [0.2, 0.25) is 5.02 Å². The lowest BCUT2D eigenvalue weighted by atomic mass is 10.3. The molecule has 0 aliphatic rings. The first kappa shape index (κ1) is 15.7. The number of ether oxygens (including phenoxy) is 1. The largest absolute Gasteiger partial charge is 0.481 e. The van der Waals surface area contributed by atoms with Crippen LogP contribution in [0.5, 0.6) is 5.75 Å². The first-order chi connectivity index (χ1) is 9.95. The van der Waals surface area contributed by atoms with Crippen molar-refractivity contribution >= 4 is 39.1 Å². The minimum absolute atomic E-state index is 0.314. The maximum Gasteiger partial charge on any atom is 0.262 e. The van der Waals surface area contributed by atoms with Crippen molar-refractivity contribution in [1.82, 2.24) is 0 Å². The number of rotatable bonds is 4. The number of hydrogen-bond acceptors (Lipinski definition) is 2. The zero-order valence-corrected chi connectivity index (χ0v) is 12.8. The van der Waals surface area contributed by atoms with E-state index in [-0.39, 0.29) is 5.75 Å². The van der Waals surface area contributed by atoms with Gasteiger partial charge in [0.25, 0.3) is 5.91 Å². The van der Waals surface area contributed by atoms with Gasteiger partial charge in [-0.1, -0.05) is 27.5 Å². The zero-order chi connectivity index (χ0) is 15.4. The second-order valence-corrected chi connectivity index (χ2v) is 5.40. The van der Waals surface area contributed by atoms with Crippen LogP contribution in [0.3, 0.4) is 0 Å². The summed E-state index contributed by atoms with van der Waals surface area (Å²) in [5.74, 6) is -3.04. The Balaban J connectivity index is 1.97. The summed E-state index contributed by atoms with van der Waals surface area (Å²) in [5.41, 5.74) is 0.522. The molecular weight excluding hydrogens is 368 g/mol. The van der Waals surface area contributed by atoms with Gasteiger partial charge >= 0.3 is 0 Å². The number of carbonyl (C=O) groups is 1. The van der Waals surface area contributed by atoms with Crippen LogP contribution >= 0.6 is 27.5 Å². The Labute approximate surface area is 133 Å². The molecule has 21 heavy (non-hydrogen) atoms. The number of halogens is 4. The van der Waals surface area contributed by atoms with Crippen molar-refractivity contribution in [3.63, 3.8) is 0 Å². The molecule has 1 N–H and O–H groups in total. The number of amides is 1.